The maximum atomic E-state index is 15.1. The van der Waals surface area contributed by atoms with Gasteiger partial charge in [-0.3, -0.25) is 30.5 Å². The van der Waals surface area contributed by atoms with E-state index >= 15 is 4.39 Å². The van der Waals surface area contributed by atoms with E-state index in [4.69, 9.17) is 16.3 Å². The number of nitrogens with zero attached hydrogens (tertiary/aromatic N) is 4. The van der Waals surface area contributed by atoms with Crippen molar-refractivity contribution < 1.29 is 23.9 Å². The Kier molecular flexibility index (Phi) is 9.84. The molecule has 1 saturated heterocycles. The van der Waals surface area contributed by atoms with Crippen molar-refractivity contribution >= 4 is 35.6 Å². The Morgan fingerprint density at radius 1 is 1.31 bits per heavy atom. The van der Waals surface area contributed by atoms with Crippen LogP contribution in [0.5, 0.6) is 0 Å². The molecule has 2 heterocycles. The van der Waals surface area contributed by atoms with Crippen LogP contribution in [0, 0.1) is 17.7 Å². The predicted molar refractivity (Wildman–Crippen MR) is 128 cm³/mol. The number of morpholine rings is 1. The minimum atomic E-state index is -0.795. The molecule has 196 valence electrons. The van der Waals surface area contributed by atoms with E-state index in [0.717, 1.165) is 38.8 Å². The van der Waals surface area contributed by atoms with Crippen LogP contribution in [0.25, 0.3) is 0 Å². The first-order valence-electron chi connectivity index (χ1n) is 12.0. The second kappa shape index (κ2) is 12.6. The number of anilines is 2. The number of halogens is 2. The number of carbonyl (C=O) groups excluding carboxylic acids is 2. The lowest BCUT2D eigenvalue weighted by Gasteiger charge is -2.41. The Morgan fingerprint density at radius 3 is 2.63 bits per heavy atom. The van der Waals surface area contributed by atoms with Crippen LogP contribution in [0.1, 0.15) is 46.0 Å². The average Bonchev–Trinajstić information content (AvgIpc) is 3.36. The summed E-state index contributed by atoms with van der Waals surface area (Å²) < 4.78 is 20.5. The molecule has 35 heavy (non-hydrogen) atoms. The van der Waals surface area contributed by atoms with Crippen molar-refractivity contribution in [2.45, 2.75) is 51.5 Å². The molecule has 0 aromatic carbocycles. The highest BCUT2D eigenvalue weighted by Gasteiger charge is 2.30. The maximum Gasteiger partial charge on any atom is 0.243 e. The van der Waals surface area contributed by atoms with Crippen LogP contribution < -0.4 is 16.2 Å². The lowest BCUT2D eigenvalue weighted by molar-refractivity contribution is -0.154. The van der Waals surface area contributed by atoms with Gasteiger partial charge in [0.1, 0.15) is 0 Å². The van der Waals surface area contributed by atoms with Gasteiger partial charge in [-0.1, -0.05) is 25.7 Å². The zero-order valence-corrected chi connectivity index (χ0v) is 21.0. The molecule has 1 aliphatic heterocycles. The largest absolute Gasteiger partial charge is 0.379 e. The van der Waals surface area contributed by atoms with Crippen LogP contribution in [0.2, 0.25) is 5.28 Å². The Morgan fingerprint density at radius 2 is 1.97 bits per heavy atom. The van der Waals surface area contributed by atoms with Gasteiger partial charge in [-0.05, 0) is 37.8 Å². The Labute approximate surface area is 209 Å². The normalized spacial score (nSPS) is 18.2. The Balaban J connectivity index is 1.63. The van der Waals surface area contributed by atoms with Crippen LogP contribution in [-0.2, 0) is 14.3 Å². The molecule has 0 unspecified atom stereocenters. The Hall–Kier alpha value is -2.28. The van der Waals surface area contributed by atoms with Crippen LogP contribution in [-0.4, -0.2) is 82.4 Å². The van der Waals surface area contributed by atoms with Crippen LogP contribution >= 0.6 is 11.6 Å². The van der Waals surface area contributed by atoms with Gasteiger partial charge >= 0.3 is 0 Å². The SMILES string of the molecule is CC(C)(CNc1nc(Cl)nc(NNC(=O)[C@@H](CC2CCCC2)CN(O)C=O)c1F)N1CCOCC1. The summed E-state index contributed by atoms with van der Waals surface area (Å²) in [5, 5.41) is 12.9. The van der Waals surface area contributed by atoms with Crippen molar-refractivity contribution in [2.24, 2.45) is 11.8 Å². The van der Waals surface area contributed by atoms with Gasteiger partial charge in [-0.15, -0.1) is 0 Å². The third kappa shape index (κ3) is 7.86. The van der Waals surface area contributed by atoms with Crippen molar-refractivity contribution in [2.75, 3.05) is 50.1 Å². The van der Waals surface area contributed by atoms with E-state index in [1.54, 1.807) is 0 Å². The van der Waals surface area contributed by atoms with Gasteiger partial charge in [-0.2, -0.15) is 14.4 Å². The predicted octanol–water partition coefficient (Wildman–Crippen LogP) is 2.28. The first kappa shape index (κ1) is 27.3. The summed E-state index contributed by atoms with van der Waals surface area (Å²) in [6, 6.07) is 0. The Bertz CT molecular complexity index is 866. The van der Waals surface area contributed by atoms with E-state index < -0.39 is 17.6 Å². The summed E-state index contributed by atoms with van der Waals surface area (Å²) in [4.78, 5) is 33.7. The molecule has 11 nitrogen and oxygen atoms in total. The highest BCUT2D eigenvalue weighted by molar-refractivity contribution is 6.28. The van der Waals surface area contributed by atoms with Gasteiger partial charge < -0.3 is 10.1 Å². The molecule has 1 aromatic rings. The monoisotopic (exact) mass is 515 g/mol. The zero-order chi connectivity index (χ0) is 25.4. The zero-order valence-electron chi connectivity index (χ0n) is 20.2. The molecule has 1 aliphatic carbocycles. The van der Waals surface area contributed by atoms with E-state index in [0.29, 0.717) is 37.2 Å². The standard InChI is InChI=1S/C22H35ClFN7O4/c1-22(2,30-7-9-35-10-8-30)13-25-18-17(24)19(27-21(23)26-18)28-29-20(33)16(12-31(34)14-32)11-15-5-3-4-6-15/h14-16,34H,3-13H2,1-2H3,(H,29,33)(H2,25,26,27,28)/t16-/m0/s1. The molecule has 13 heteroatoms. The van der Waals surface area contributed by atoms with E-state index in [1.165, 1.54) is 0 Å². The lowest BCUT2D eigenvalue weighted by atomic mass is 9.92. The summed E-state index contributed by atoms with van der Waals surface area (Å²) in [5.41, 5.74) is 4.63. The number of hydrogen-bond donors (Lipinski definition) is 4. The van der Waals surface area contributed by atoms with Crippen molar-refractivity contribution in [3.8, 4) is 0 Å². The minimum absolute atomic E-state index is 0.0897. The van der Waals surface area contributed by atoms with Gasteiger partial charge in [0.05, 0.1) is 25.7 Å². The van der Waals surface area contributed by atoms with Crippen molar-refractivity contribution in [1.82, 2.24) is 25.4 Å². The molecule has 1 aromatic heterocycles. The van der Waals surface area contributed by atoms with E-state index in [9.17, 15) is 14.8 Å². The third-order valence-electron chi connectivity index (χ3n) is 6.68. The van der Waals surface area contributed by atoms with Crippen molar-refractivity contribution in [1.29, 1.82) is 0 Å². The van der Waals surface area contributed by atoms with Gasteiger partial charge in [0, 0.05) is 25.2 Å². The molecule has 0 spiro atoms. The maximum absolute atomic E-state index is 15.1. The van der Waals surface area contributed by atoms with Crippen molar-refractivity contribution in [3.05, 3.63) is 11.1 Å². The summed E-state index contributed by atoms with van der Waals surface area (Å²) >= 11 is 6.01. The number of amides is 2. The molecule has 2 fully saturated rings. The molecule has 2 aliphatic rings. The molecule has 4 N–H and O–H groups in total. The van der Waals surface area contributed by atoms with Gasteiger partial charge in [0.25, 0.3) is 0 Å². The topological polar surface area (TPSA) is 132 Å². The number of hydrogen-bond acceptors (Lipinski definition) is 9. The number of ether oxygens (including phenoxy) is 1. The summed E-state index contributed by atoms with van der Waals surface area (Å²) in [5.74, 6) is -2.00. The molecule has 3 rings (SSSR count). The highest BCUT2D eigenvalue weighted by atomic mass is 35.5. The number of nitrogens with one attached hydrogen (secondary N) is 3. The third-order valence-corrected chi connectivity index (χ3v) is 6.85. The smallest absolute Gasteiger partial charge is 0.243 e. The number of aromatic nitrogens is 2. The van der Waals surface area contributed by atoms with Crippen LogP contribution in [0.15, 0.2) is 0 Å². The van der Waals surface area contributed by atoms with Crippen molar-refractivity contribution in [3.63, 3.8) is 0 Å². The van der Waals surface area contributed by atoms with Gasteiger partial charge in [0.15, 0.2) is 11.6 Å². The van der Waals surface area contributed by atoms with E-state index in [1.807, 2.05) is 13.8 Å². The quantitative estimate of drug-likeness (QED) is 0.143. The summed E-state index contributed by atoms with van der Waals surface area (Å²) in [6.45, 7) is 7.16. The summed E-state index contributed by atoms with van der Waals surface area (Å²) in [6.07, 6.45) is 4.94. The molecule has 0 bridgehead atoms. The average molecular weight is 516 g/mol. The second-order valence-corrected chi connectivity index (χ2v) is 10.0. The van der Waals surface area contributed by atoms with E-state index in [-0.39, 0.29) is 35.4 Å². The molecule has 0 radical (unpaired) electrons. The highest BCUT2D eigenvalue weighted by Crippen LogP contribution is 2.31. The van der Waals surface area contributed by atoms with Crippen LogP contribution in [0.3, 0.4) is 0 Å². The number of carbonyl (C=O) groups is 2. The first-order valence-corrected chi connectivity index (χ1v) is 12.3. The minimum Gasteiger partial charge on any atom is -0.379 e. The van der Waals surface area contributed by atoms with Gasteiger partial charge in [-0.25, -0.2) is 5.06 Å². The fraction of sp³-hybridized carbons (Fsp3) is 0.727. The molecule has 1 saturated carbocycles. The fourth-order valence-electron chi connectivity index (χ4n) is 4.60. The number of rotatable bonds is 12. The van der Waals surface area contributed by atoms with Crippen LogP contribution in [0.4, 0.5) is 16.0 Å². The molecular formula is C22H35ClFN7O4. The van der Waals surface area contributed by atoms with Gasteiger partial charge in [0.2, 0.25) is 23.4 Å². The lowest BCUT2D eigenvalue weighted by Crippen LogP contribution is -2.53. The first-order chi connectivity index (χ1) is 16.7. The molecule has 1 atom stereocenters. The second-order valence-electron chi connectivity index (χ2n) is 9.69. The number of hydroxylamine groups is 2. The fourth-order valence-corrected chi connectivity index (χ4v) is 4.77. The molecule has 2 amide bonds. The summed E-state index contributed by atoms with van der Waals surface area (Å²) in [7, 11) is 0. The molecular weight excluding hydrogens is 481 g/mol. The number of hydrazine groups is 1. The van der Waals surface area contributed by atoms with E-state index in [2.05, 4.69) is 31.0 Å².